The minimum absolute atomic E-state index is 0.00184. The van der Waals surface area contributed by atoms with Gasteiger partial charge in [-0.2, -0.15) is 0 Å². The molecule has 0 aliphatic carbocycles. The molecule has 0 spiro atoms. The molecule has 0 saturated carbocycles. The Kier molecular flexibility index (Phi) is 4.51. The van der Waals surface area contributed by atoms with Crippen LogP contribution in [-0.2, 0) is 20.0 Å². The molecule has 2 heterocycles. The first-order valence-electron chi connectivity index (χ1n) is 9.25. The lowest BCUT2D eigenvalue weighted by Crippen LogP contribution is -2.43. The number of aromatic nitrogens is 1. The van der Waals surface area contributed by atoms with Crippen molar-refractivity contribution in [1.82, 2.24) is 14.8 Å². The van der Waals surface area contributed by atoms with Crippen molar-refractivity contribution in [3.8, 4) is 0 Å². The van der Waals surface area contributed by atoms with E-state index in [9.17, 15) is 4.79 Å². The van der Waals surface area contributed by atoms with Crippen molar-refractivity contribution in [1.29, 1.82) is 0 Å². The monoisotopic (exact) mass is 347 g/mol. The van der Waals surface area contributed by atoms with E-state index in [1.165, 1.54) is 11.1 Å². The Bertz CT molecular complexity index is 943. The Morgan fingerprint density at radius 1 is 1.15 bits per heavy atom. The van der Waals surface area contributed by atoms with Crippen LogP contribution in [0.5, 0.6) is 0 Å². The molecule has 134 valence electrons. The van der Waals surface area contributed by atoms with Gasteiger partial charge in [-0.3, -0.25) is 9.69 Å². The summed E-state index contributed by atoms with van der Waals surface area (Å²) >= 11 is 0. The molecule has 4 nitrogen and oxygen atoms in total. The fraction of sp³-hybridized carbons (Fsp3) is 0.318. The molecule has 4 rings (SSSR count). The van der Waals surface area contributed by atoms with Crippen LogP contribution in [0.3, 0.4) is 0 Å². The summed E-state index contributed by atoms with van der Waals surface area (Å²) in [5.41, 5.74) is 4.66. The van der Waals surface area contributed by atoms with Gasteiger partial charge in [0.2, 0.25) is 0 Å². The number of rotatable bonds is 4. The maximum atomic E-state index is 12.6. The van der Waals surface area contributed by atoms with E-state index in [1.807, 2.05) is 36.0 Å². The smallest absolute Gasteiger partial charge is 0.251 e. The minimum atomic E-state index is -0.00184. The van der Waals surface area contributed by atoms with Crippen molar-refractivity contribution in [2.75, 3.05) is 13.1 Å². The van der Waals surface area contributed by atoms with Gasteiger partial charge in [-0.05, 0) is 48.1 Å². The summed E-state index contributed by atoms with van der Waals surface area (Å²) in [6, 6.07) is 16.7. The molecule has 1 aliphatic rings. The van der Waals surface area contributed by atoms with E-state index in [4.69, 9.17) is 0 Å². The van der Waals surface area contributed by atoms with Crippen molar-refractivity contribution in [2.45, 2.75) is 25.9 Å². The largest absolute Gasteiger partial charge is 0.351 e. The summed E-state index contributed by atoms with van der Waals surface area (Å²) in [6.45, 7) is 4.96. The lowest BCUT2D eigenvalue weighted by Gasteiger charge is -2.31. The summed E-state index contributed by atoms with van der Waals surface area (Å²) in [6.07, 6.45) is 3.10. The first kappa shape index (κ1) is 16.9. The lowest BCUT2D eigenvalue weighted by molar-refractivity contribution is 0.0927. The fourth-order valence-corrected chi connectivity index (χ4v) is 3.85. The van der Waals surface area contributed by atoms with Gasteiger partial charge in [0.05, 0.1) is 0 Å². The van der Waals surface area contributed by atoms with Crippen LogP contribution in [0.1, 0.15) is 28.4 Å². The van der Waals surface area contributed by atoms with Crippen LogP contribution < -0.4 is 5.32 Å². The molecule has 0 fully saturated rings. The van der Waals surface area contributed by atoms with Crippen LogP contribution in [-0.4, -0.2) is 34.5 Å². The molecule has 0 radical (unpaired) electrons. The van der Waals surface area contributed by atoms with Crippen LogP contribution in [0.4, 0.5) is 0 Å². The van der Waals surface area contributed by atoms with E-state index in [2.05, 4.69) is 47.5 Å². The Hall–Kier alpha value is -2.59. The predicted molar refractivity (Wildman–Crippen MR) is 105 cm³/mol. The quantitative estimate of drug-likeness (QED) is 0.786. The van der Waals surface area contributed by atoms with Crippen LogP contribution in [0, 0.1) is 0 Å². The highest BCUT2D eigenvalue weighted by Crippen LogP contribution is 2.19. The van der Waals surface area contributed by atoms with Gasteiger partial charge >= 0.3 is 0 Å². The SMILES string of the molecule is C[C@@H](CN1CCc2ccccc2C1)NC(=O)c1ccc2ccn(C)c2c1. The van der Waals surface area contributed by atoms with Gasteiger partial charge in [0.15, 0.2) is 0 Å². The van der Waals surface area contributed by atoms with E-state index in [-0.39, 0.29) is 11.9 Å². The highest BCUT2D eigenvalue weighted by atomic mass is 16.1. The zero-order valence-corrected chi connectivity index (χ0v) is 15.4. The molecule has 3 aromatic rings. The van der Waals surface area contributed by atoms with Crippen LogP contribution in [0.25, 0.3) is 10.9 Å². The molecule has 0 bridgehead atoms. The van der Waals surface area contributed by atoms with Gasteiger partial charge in [0.25, 0.3) is 5.91 Å². The van der Waals surface area contributed by atoms with E-state index in [1.54, 1.807) is 0 Å². The standard InChI is InChI=1S/C22H25N3O/c1-16(14-25-12-10-17-5-3-4-6-20(17)15-25)23-22(26)19-8-7-18-9-11-24(2)21(18)13-19/h3-9,11,13,16H,10,12,14-15H2,1-2H3,(H,23,26)/t16-/m0/s1. The summed E-state index contributed by atoms with van der Waals surface area (Å²) in [5, 5.41) is 4.31. The predicted octanol–water partition coefficient (Wildman–Crippen LogP) is 3.35. The Morgan fingerprint density at radius 2 is 1.96 bits per heavy atom. The molecule has 0 unspecified atom stereocenters. The molecule has 1 amide bonds. The average Bonchev–Trinajstić information content (AvgIpc) is 3.02. The number of fused-ring (bicyclic) bond motifs is 2. The molecule has 1 aliphatic heterocycles. The van der Waals surface area contributed by atoms with Crippen molar-refractivity contribution < 1.29 is 4.79 Å². The second-order valence-electron chi connectivity index (χ2n) is 7.33. The third kappa shape index (κ3) is 3.37. The Balaban J connectivity index is 1.39. The van der Waals surface area contributed by atoms with Crippen molar-refractivity contribution in [3.63, 3.8) is 0 Å². The number of hydrogen-bond acceptors (Lipinski definition) is 2. The normalized spacial score (nSPS) is 15.6. The maximum Gasteiger partial charge on any atom is 0.251 e. The molecule has 4 heteroatoms. The van der Waals surface area contributed by atoms with E-state index in [0.29, 0.717) is 0 Å². The fourth-order valence-electron chi connectivity index (χ4n) is 3.85. The molecular weight excluding hydrogens is 322 g/mol. The second-order valence-corrected chi connectivity index (χ2v) is 7.33. The number of carbonyl (C=O) groups excluding carboxylic acids is 1. The maximum absolute atomic E-state index is 12.6. The molecular formula is C22H25N3O. The molecule has 1 N–H and O–H groups in total. The average molecular weight is 347 g/mol. The van der Waals surface area contributed by atoms with E-state index >= 15 is 0 Å². The summed E-state index contributed by atoms with van der Waals surface area (Å²) < 4.78 is 2.04. The minimum Gasteiger partial charge on any atom is -0.351 e. The van der Waals surface area contributed by atoms with Gasteiger partial charge in [-0.1, -0.05) is 30.3 Å². The number of nitrogens with zero attached hydrogens (tertiary/aromatic N) is 2. The number of hydrogen-bond donors (Lipinski definition) is 1. The van der Waals surface area contributed by atoms with Crippen LogP contribution >= 0.6 is 0 Å². The second kappa shape index (κ2) is 6.96. The van der Waals surface area contributed by atoms with Crippen molar-refractivity contribution >= 4 is 16.8 Å². The van der Waals surface area contributed by atoms with Gasteiger partial charge in [-0.25, -0.2) is 0 Å². The van der Waals surface area contributed by atoms with Crippen LogP contribution in [0.15, 0.2) is 54.7 Å². The van der Waals surface area contributed by atoms with Crippen molar-refractivity contribution in [3.05, 3.63) is 71.4 Å². The zero-order valence-electron chi connectivity index (χ0n) is 15.4. The lowest BCUT2D eigenvalue weighted by atomic mass is 9.99. The molecule has 2 aromatic carbocycles. The molecule has 0 saturated heterocycles. The summed E-state index contributed by atoms with van der Waals surface area (Å²) in [4.78, 5) is 15.1. The molecule has 26 heavy (non-hydrogen) atoms. The van der Waals surface area contributed by atoms with E-state index < -0.39 is 0 Å². The summed E-state index contributed by atoms with van der Waals surface area (Å²) in [5.74, 6) is -0.00184. The third-order valence-electron chi connectivity index (χ3n) is 5.27. The van der Waals surface area contributed by atoms with Crippen LogP contribution in [0.2, 0.25) is 0 Å². The number of nitrogens with one attached hydrogen (secondary N) is 1. The van der Waals surface area contributed by atoms with Gasteiger partial charge in [-0.15, -0.1) is 0 Å². The number of benzene rings is 2. The zero-order chi connectivity index (χ0) is 18.1. The Morgan fingerprint density at radius 3 is 2.81 bits per heavy atom. The van der Waals surface area contributed by atoms with Crippen molar-refractivity contribution in [2.24, 2.45) is 7.05 Å². The highest BCUT2D eigenvalue weighted by molar-refractivity contribution is 5.98. The first-order valence-corrected chi connectivity index (χ1v) is 9.25. The van der Waals surface area contributed by atoms with E-state index in [0.717, 1.165) is 42.5 Å². The third-order valence-corrected chi connectivity index (χ3v) is 5.27. The number of amides is 1. The first-order chi connectivity index (χ1) is 12.6. The topological polar surface area (TPSA) is 37.3 Å². The highest BCUT2D eigenvalue weighted by Gasteiger charge is 2.19. The molecule has 1 aromatic heterocycles. The Labute approximate surface area is 154 Å². The van der Waals surface area contributed by atoms with Gasteiger partial charge in [0, 0.05) is 50.0 Å². The van der Waals surface area contributed by atoms with Gasteiger partial charge in [0.1, 0.15) is 0 Å². The summed E-state index contributed by atoms with van der Waals surface area (Å²) in [7, 11) is 2.00. The molecule has 1 atom stereocenters. The number of aryl methyl sites for hydroxylation is 1. The van der Waals surface area contributed by atoms with Gasteiger partial charge < -0.3 is 9.88 Å². The number of carbonyl (C=O) groups is 1.